The van der Waals surface area contributed by atoms with Gasteiger partial charge >= 0.3 is 13.8 Å². The van der Waals surface area contributed by atoms with Gasteiger partial charge in [-0.05, 0) is 27.7 Å². The Morgan fingerprint density at radius 3 is 2.37 bits per heavy atom. The summed E-state index contributed by atoms with van der Waals surface area (Å²) in [5.41, 5.74) is -0.682. The van der Waals surface area contributed by atoms with Gasteiger partial charge < -0.3 is 14.9 Å². The molecule has 1 rings (SSSR count). The van der Waals surface area contributed by atoms with Crippen LogP contribution in [0.3, 0.4) is 0 Å². The minimum atomic E-state index is -4.12. The number of hydrogen-bond acceptors (Lipinski definition) is 5. The monoisotopic (exact) mass is 294 g/mol. The zero-order valence-corrected chi connectivity index (χ0v) is 12.4. The Hall–Kier alpha value is -1.11. The lowest BCUT2D eigenvalue weighted by atomic mass is 10.0. The van der Waals surface area contributed by atoms with E-state index < -0.39 is 37.4 Å². The molecule has 9 heteroatoms. The minimum absolute atomic E-state index is 0.643. The molecule has 0 aromatic rings. The van der Waals surface area contributed by atoms with Gasteiger partial charge in [-0.25, -0.2) is 14.0 Å². The predicted octanol–water partition coefficient (Wildman–Crippen LogP) is 0.857. The highest BCUT2D eigenvalue weighted by atomic mass is 31.2. The molecule has 110 valence electrons. The van der Waals surface area contributed by atoms with Crippen molar-refractivity contribution in [2.24, 2.45) is 0 Å². The summed E-state index contributed by atoms with van der Waals surface area (Å²) in [5, 5.41) is 2.36. The fourth-order valence-electron chi connectivity index (χ4n) is 1.67. The molecule has 0 aliphatic carbocycles. The van der Waals surface area contributed by atoms with E-state index in [0.717, 1.165) is 11.8 Å². The third kappa shape index (κ3) is 3.46. The lowest BCUT2D eigenvalue weighted by molar-refractivity contribution is -0.143. The zero-order chi connectivity index (χ0) is 15.0. The van der Waals surface area contributed by atoms with Gasteiger partial charge in [0.2, 0.25) is 0 Å². The van der Waals surface area contributed by atoms with Crippen molar-refractivity contribution in [3.05, 3.63) is 0 Å². The van der Waals surface area contributed by atoms with Gasteiger partial charge in [-0.1, -0.05) is 0 Å². The van der Waals surface area contributed by atoms with E-state index in [1.165, 1.54) is 6.92 Å². The van der Waals surface area contributed by atoms with Crippen LogP contribution in [0.2, 0.25) is 0 Å². The van der Waals surface area contributed by atoms with Gasteiger partial charge in [0.1, 0.15) is 11.6 Å². The molecule has 19 heavy (non-hydrogen) atoms. The molecule has 2 amide bonds. The summed E-state index contributed by atoms with van der Waals surface area (Å²) in [4.78, 5) is 32.7. The van der Waals surface area contributed by atoms with Crippen LogP contribution >= 0.6 is 7.75 Å². The molecule has 1 unspecified atom stereocenters. The fourth-order valence-corrected chi connectivity index (χ4v) is 2.81. The quantitative estimate of drug-likeness (QED) is 0.590. The Labute approximate surface area is 111 Å². The summed E-state index contributed by atoms with van der Waals surface area (Å²) < 4.78 is 21.7. The summed E-state index contributed by atoms with van der Waals surface area (Å²) in [6.07, 6.45) is -0.748. The Bertz CT molecular complexity index is 432. The number of alkyl carbamates (subject to hydrolysis) is 1. The number of nitrogens with one attached hydrogen (secondary N) is 1. The Morgan fingerprint density at radius 1 is 1.47 bits per heavy atom. The summed E-state index contributed by atoms with van der Waals surface area (Å²) in [7, 11) is -3.08. The number of rotatable bonds is 3. The first-order valence-electron chi connectivity index (χ1n) is 5.71. The van der Waals surface area contributed by atoms with E-state index in [0.29, 0.717) is 0 Å². The van der Waals surface area contributed by atoms with Crippen LogP contribution in [0.1, 0.15) is 27.7 Å². The molecule has 2 N–H and O–H groups in total. The predicted molar refractivity (Wildman–Crippen MR) is 66.3 cm³/mol. The van der Waals surface area contributed by atoms with E-state index in [1.54, 1.807) is 20.8 Å². The van der Waals surface area contributed by atoms with Crippen LogP contribution in [-0.4, -0.2) is 46.4 Å². The number of carbonyl (C=O) groups is 2. The van der Waals surface area contributed by atoms with Crippen molar-refractivity contribution in [1.29, 1.82) is 0 Å². The van der Waals surface area contributed by atoms with E-state index >= 15 is 0 Å². The van der Waals surface area contributed by atoms with E-state index in [9.17, 15) is 19.0 Å². The molecule has 1 aliphatic heterocycles. The molecule has 8 nitrogen and oxygen atoms in total. The standard InChI is InChI=1S/C10H19N2O6P/c1-6-7(11-9(14)18-10(2,3)4)8(13)12(6)19(15,16)17-5/h6-7H,1-5H3,(H,11,14)(H,15,16)/t6-,7-/m0/s1. The maximum Gasteiger partial charge on any atom is 0.435 e. The van der Waals surface area contributed by atoms with E-state index in [4.69, 9.17) is 4.74 Å². The number of β-lactam (4-membered cyclic amide) rings is 1. The zero-order valence-electron chi connectivity index (χ0n) is 11.5. The second-order valence-corrected chi connectivity index (χ2v) is 7.00. The molecule has 0 bridgehead atoms. The minimum Gasteiger partial charge on any atom is -0.444 e. The van der Waals surface area contributed by atoms with Crippen LogP contribution in [0.5, 0.6) is 0 Å². The summed E-state index contributed by atoms with van der Waals surface area (Å²) in [5.74, 6) is -0.675. The molecule has 3 atom stereocenters. The third-order valence-electron chi connectivity index (χ3n) is 2.54. The molecular weight excluding hydrogens is 275 g/mol. The lowest BCUT2D eigenvalue weighted by Gasteiger charge is -2.45. The first-order chi connectivity index (χ1) is 8.49. The second-order valence-electron chi connectivity index (χ2n) is 5.22. The molecule has 0 spiro atoms. The molecule has 1 aliphatic rings. The van der Waals surface area contributed by atoms with E-state index in [1.807, 2.05) is 0 Å². The fraction of sp³-hybridized carbons (Fsp3) is 0.800. The average Bonchev–Trinajstić information content (AvgIpc) is 2.23. The smallest absolute Gasteiger partial charge is 0.435 e. The summed E-state index contributed by atoms with van der Waals surface area (Å²) in [6.45, 7) is 6.61. The highest BCUT2D eigenvalue weighted by Gasteiger charge is 2.54. The average molecular weight is 294 g/mol. The van der Waals surface area contributed by atoms with Crippen LogP contribution in [0.4, 0.5) is 4.79 Å². The second kappa shape index (κ2) is 5.11. The number of hydrogen-bond donors (Lipinski definition) is 2. The molecule has 1 heterocycles. The first-order valence-corrected chi connectivity index (χ1v) is 7.24. The highest BCUT2D eigenvalue weighted by molar-refractivity contribution is 7.51. The first kappa shape index (κ1) is 15.9. The van der Waals surface area contributed by atoms with E-state index in [2.05, 4.69) is 9.84 Å². The van der Waals surface area contributed by atoms with Gasteiger partial charge in [0.05, 0.1) is 6.04 Å². The van der Waals surface area contributed by atoms with Crippen LogP contribution in [-0.2, 0) is 18.6 Å². The maximum atomic E-state index is 11.7. The molecule has 0 aromatic carbocycles. The normalized spacial score (nSPS) is 26.4. The number of amides is 2. The van der Waals surface area contributed by atoms with Crippen molar-refractivity contribution >= 4 is 19.7 Å². The molecule has 1 saturated heterocycles. The van der Waals surface area contributed by atoms with Crippen molar-refractivity contribution in [3.8, 4) is 0 Å². The maximum absolute atomic E-state index is 11.7. The van der Waals surface area contributed by atoms with Crippen molar-refractivity contribution in [3.63, 3.8) is 0 Å². The van der Waals surface area contributed by atoms with Crippen molar-refractivity contribution in [2.45, 2.75) is 45.4 Å². The Balaban J connectivity index is 2.64. The van der Waals surface area contributed by atoms with Crippen LogP contribution < -0.4 is 5.32 Å². The summed E-state index contributed by atoms with van der Waals surface area (Å²) >= 11 is 0. The Morgan fingerprint density at radius 2 is 2.00 bits per heavy atom. The Kier molecular flexibility index (Phi) is 4.29. The van der Waals surface area contributed by atoms with Gasteiger partial charge in [-0.15, -0.1) is 0 Å². The van der Waals surface area contributed by atoms with Gasteiger partial charge in [-0.3, -0.25) is 9.32 Å². The van der Waals surface area contributed by atoms with Crippen molar-refractivity contribution in [2.75, 3.05) is 7.11 Å². The highest BCUT2D eigenvalue weighted by Crippen LogP contribution is 2.51. The van der Waals surface area contributed by atoms with Crippen LogP contribution in [0, 0.1) is 0 Å². The van der Waals surface area contributed by atoms with Crippen molar-refractivity contribution in [1.82, 2.24) is 9.99 Å². The topological polar surface area (TPSA) is 105 Å². The summed E-state index contributed by atoms with van der Waals surface area (Å²) in [6, 6.07) is -1.53. The van der Waals surface area contributed by atoms with Crippen molar-refractivity contribution < 1.29 is 28.3 Å². The molecule has 0 radical (unpaired) electrons. The van der Waals surface area contributed by atoms with Gasteiger partial charge in [-0.2, -0.15) is 0 Å². The molecular formula is C10H19N2O6P. The molecule has 1 fully saturated rings. The van der Waals surface area contributed by atoms with Gasteiger partial charge in [0.15, 0.2) is 0 Å². The lowest BCUT2D eigenvalue weighted by Crippen LogP contribution is -2.68. The number of ether oxygens (including phenoxy) is 1. The van der Waals surface area contributed by atoms with Crippen LogP contribution in [0.25, 0.3) is 0 Å². The van der Waals surface area contributed by atoms with Crippen LogP contribution in [0.15, 0.2) is 0 Å². The van der Waals surface area contributed by atoms with E-state index in [-0.39, 0.29) is 0 Å². The SMILES string of the molecule is COP(=O)(O)N1C(=O)[C@@H](NC(=O)OC(C)(C)C)[C@@H]1C. The largest absolute Gasteiger partial charge is 0.444 e. The van der Waals surface area contributed by atoms with Gasteiger partial charge in [0.25, 0.3) is 5.91 Å². The number of carbonyl (C=O) groups excluding carboxylic acids is 2. The molecule has 0 aromatic heterocycles. The number of nitrogens with zero attached hydrogens (tertiary/aromatic N) is 1. The van der Waals surface area contributed by atoms with Gasteiger partial charge in [0, 0.05) is 7.11 Å². The molecule has 0 saturated carbocycles. The third-order valence-corrected chi connectivity index (χ3v) is 4.12.